The van der Waals surface area contributed by atoms with Crippen molar-refractivity contribution in [2.24, 2.45) is 11.8 Å². The third kappa shape index (κ3) is 3.34. The third-order valence-corrected chi connectivity index (χ3v) is 4.75. The molecule has 0 saturated carbocycles. The van der Waals surface area contributed by atoms with E-state index in [1.54, 1.807) is 4.90 Å². The second-order valence-electron chi connectivity index (χ2n) is 7.09. The van der Waals surface area contributed by atoms with Gasteiger partial charge in [-0.1, -0.05) is 13.8 Å². The molecule has 1 aromatic rings. The standard InChI is InChI=1S/C17H24N4O3/c1-11(2)7-21-8-12(3-4-15(21)22)17(24)20-6-5-14-13(9-20)16(23)19-10-18-14/h10-12H,3-9H2,1-2H3,(H,18,19,23)/t12-/m0/s1. The molecule has 0 spiro atoms. The van der Waals surface area contributed by atoms with Crippen molar-refractivity contribution in [3.63, 3.8) is 0 Å². The summed E-state index contributed by atoms with van der Waals surface area (Å²) in [6.07, 6.45) is 3.04. The first kappa shape index (κ1) is 16.7. The smallest absolute Gasteiger partial charge is 0.255 e. The van der Waals surface area contributed by atoms with Crippen LogP contribution in [0.2, 0.25) is 0 Å². The second kappa shape index (κ2) is 6.75. The monoisotopic (exact) mass is 332 g/mol. The lowest BCUT2D eigenvalue weighted by Gasteiger charge is -2.36. The Morgan fingerprint density at radius 1 is 1.38 bits per heavy atom. The van der Waals surface area contributed by atoms with Gasteiger partial charge in [-0.05, 0) is 12.3 Å². The highest BCUT2D eigenvalue weighted by Crippen LogP contribution is 2.23. The molecule has 2 aliphatic rings. The number of piperidine rings is 1. The molecule has 2 aliphatic heterocycles. The molecule has 0 aliphatic carbocycles. The van der Waals surface area contributed by atoms with Crippen molar-refractivity contribution in [2.75, 3.05) is 19.6 Å². The Kier molecular flexibility index (Phi) is 4.69. The fourth-order valence-corrected chi connectivity index (χ4v) is 3.53. The molecule has 0 unspecified atom stereocenters. The second-order valence-corrected chi connectivity index (χ2v) is 7.09. The van der Waals surface area contributed by atoms with E-state index >= 15 is 0 Å². The summed E-state index contributed by atoms with van der Waals surface area (Å²) in [7, 11) is 0. The lowest BCUT2D eigenvalue weighted by molar-refractivity contribution is -0.144. The van der Waals surface area contributed by atoms with Crippen LogP contribution in [0.3, 0.4) is 0 Å². The molecule has 1 aromatic heterocycles. The van der Waals surface area contributed by atoms with Gasteiger partial charge in [-0.2, -0.15) is 0 Å². The summed E-state index contributed by atoms with van der Waals surface area (Å²) < 4.78 is 0. The number of carbonyl (C=O) groups excluding carboxylic acids is 2. The Balaban J connectivity index is 1.70. The SMILES string of the molecule is CC(C)CN1C[C@@H](C(=O)N2CCc3nc[nH]c(=O)c3C2)CCC1=O. The van der Waals surface area contributed by atoms with Crippen molar-refractivity contribution >= 4 is 11.8 Å². The molecule has 2 amide bonds. The number of carbonyl (C=O) groups is 2. The zero-order valence-corrected chi connectivity index (χ0v) is 14.2. The highest BCUT2D eigenvalue weighted by molar-refractivity contribution is 5.84. The number of hydrogen-bond acceptors (Lipinski definition) is 4. The van der Waals surface area contributed by atoms with E-state index in [1.807, 2.05) is 4.90 Å². The van der Waals surface area contributed by atoms with E-state index in [2.05, 4.69) is 23.8 Å². The van der Waals surface area contributed by atoms with Gasteiger partial charge in [-0.25, -0.2) is 4.98 Å². The van der Waals surface area contributed by atoms with E-state index in [4.69, 9.17) is 0 Å². The predicted molar refractivity (Wildman–Crippen MR) is 88.1 cm³/mol. The largest absolute Gasteiger partial charge is 0.342 e. The topological polar surface area (TPSA) is 86.4 Å². The van der Waals surface area contributed by atoms with Gasteiger partial charge < -0.3 is 14.8 Å². The molecule has 0 bridgehead atoms. The molecule has 7 heteroatoms. The molecular formula is C17H24N4O3. The Labute approximate surface area is 141 Å². The van der Waals surface area contributed by atoms with E-state index in [0.29, 0.717) is 56.9 Å². The number of aromatic amines is 1. The van der Waals surface area contributed by atoms with Gasteiger partial charge in [0.2, 0.25) is 11.8 Å². The first-order valence-electron chi connectivity index (χ1n) is 8.57. The molecule has 130 valence electrons. The van der Waals surface area contributed by atoms with Gasteiger partial charge in [0.05, 0.1) is 30.0 Å². The minimum absolute atomic E-state index is 0.0464. The van der Waals surface area contributed by atoms with Crippen molar-refractivity contribution < 1.29 is 9.59 Å². The maximum Gasteiger partial charge on any atom is 0.255 e. The molecule has 0 radical (unpaired) electrons. The van der Waals surface area contributed by atoms with E-state index in [-0.39, 0.29) is 23.3 Å². The number of hydrogen-bond donors (Lipinski definition) is 1. The molecule has 3 rings (SSSR count). The van der Waals surface area contributed by atoms with Crippen LogP contribution in [-0.4, -0.2) is 51.2 Å². The Morgan fingerprint density at radius 2 is 2.17 bits per heavy atom. The van der Waals surface area contributed by atoms with Crippen LogP contribution in [0, 0.1) is 11.8 Å². The summed E-state index contributed by atoms with van der Waals surface area (Å²) in [6.45, 7) is 6.21. The number of H-pyrrole nitrogens is 1. The third-order valence-electron chi connectivity index (χ3n) is 4.75. The molecule has 1 saturated heterocycles. The van der Waals surface area contributed by atoms with Crippen LogP contribution < -0.4 is 5.56 Å². The fraction of sp³-hybridized carbons (Fsp3) is 0.647. The van der Waals surface area contributed by atoms with Crippen molar-refractivity contribution in [3.8, 4) is 0 Å². The minimum Gasteiger partial charge on any atom is -0.342 e. The average molecular weight is 332 g/mol. The summed E-state index contributed by atoms with van der Waals surface area (Å²) in [6, 6.07) is 0. The maximum atomic E-state index is 12.9. The van der Waals surface area contributed by atoms with Gasteiger partial charge in [-0.15, -0.1) is 0 Å². The molecule has 0 aromatic carbocycles. The number of aromatic nitrogens is 2. The first-order chi connectivity index (χ1) is 11.5. The van der Waals surface area contributed by atoms with Crippen molar-refractivity contribution in [1.82, 2.24) is 19.8 Å². The Bertz CT molecular complexity index is 697. The van der Waals surface area contributed by atoms with Gasteiger partial charge in [0.15, 0.2) is 0 Å². The molecule has 1 fully saturated rings. The van der Waals surface area contributed by atoms with Crippen LogP contribution in [0.15, 0.2) is 11.1 Å². The van der Waals surface area contributed by atoms with Crippen molar-refractivity contribution in [1.29, 1.82) is 0 Å². The number of likely N-dealkylation sites (tertiary alicyclic amines) is 1. The van der Waals surface area contributed by atoms with Gasteiger partial charge in [-0.3, -0.25) is 14.4 Å². The van der Waals surface area contributed by atoms with Crippen LogP contribution >= 0.6 is 0 Å². The number of amides is 2. The molecule has 3 heterocycles. The number of nitrogens with zero attached hydrogens (tertiary/aromatic N) is 3. The highest BCUT2D eigenvalue weighted by atomic mass is 16.2. The summed E-state index contributed by atoms with van der Waals surface area (Å²) in [5, 5.41) is 0. The fourth-order valence-electron chi connectivity index (χ4n) is 3.53. The lowest BCUT2D eigenvalue weighted by atomic mass is 9.94. The summed E-state index contributed by atoms with van der Waals surface area (Å²) in [5.41, 5.74) is 1.20. The van der Waals surface area contributed by atoms with Crippen molar-refractivity contribution in [3.05, 3.63) is 27.9 Å². The molecule has 1 N–H and O–H groups in total. The minimum atomic E-state index is -0.169. The van der Waals surface area contributed by atoms with E-state index in [1.165, 1.54) is 6.33 Å². The number of rotatable bonds is 3. The van der Waals surface area contributed by atoms with Gasteiger partial charge in [0.1, 0.15) is 0 Å². The highest BCUT2D eigenvalue weighted by Gasteiger charge is 2.34. The maximum absolute atomic E-state index is 12.9. The van der Waals surface area contributed by atoms with Crippen LogP contribution in [-0.2, 0) is 22.6 Å². The molecular weight excluding hydrogens is 308 g/mol. The molecule has 24 heavy (non-hydrogen) atoms. The average Bonchev–Trinajstić information content (AvgIpc) is 2.56. The predicted octanol–water partition coefficient (Wildman–Crippen LogP) is 0.549. The van der Waals surface area contributed by atoms with Crippen molar-refractivity contribution in [2.45, 2.75) is 39.7 Å². The quantitative estimate of drug-likeness (QED) is 0.876. The summed E-state index contributed by atoms with van der Waals surface area (Å²) in [4.78, 5) is 47.2. The van der Waals surface area contributed by atoms with Gasteiger partial charge >= 0.3 is 0 Å². The zero-order chi connectivity index (χ0) is 17.3. The van der Waals surface area contributed by atoms with Crippen LogP contribution in [0.25, 0.3) is 0 Å². The first-order valence-corrected chi connectivity index (χ1v) is 8.57. The van der Waals surface area contributed by atoms with E-state index in [9.17, 15) is 14.4 Å². The zero-order valence-electron chi connectivity index (χ0n) is 14.2. The normalized spacial score (nSPS) is 21.1. The van der Waals surface area contributed by atoms with Crippen LogP contribution in [0.4, 0.5) is 0 Å². The number of fused-ring (bicyclic) bond motifs is 1. The van der Waals surface area contributed by atoms with E-state index < -0.39 is 0 Å². The summed E-state index contributed by atoms with van der Waals surface area (Å²) in [5.74, 6) is 0.399. The van der Waals surface area contributed by atoms with Crippen LogP contribution in [0.5, 0.6) is 0 Å². The Morgan fingerprint density at radius 3 is 2.92 bits per heavy atom. The van der Waals surface area contributed by atoms with Gasteiger partial charge in [0, 0.05) is 32.5 Å². The Hall–Kier alpha value is -2.18. The molecule has 1 atom stereocenters. The molecule has 7 nitrogen and oxygen atoms in total. The van der Waals surface area contributed by atoms with Gasteiger partial charge in [0.25, 0.3) is 5.56 Å². The van der Waals surface area contributed by atoms with Crippen LogP contribution in [0.1, 0.15) is 37.9 Å². The number of nitrogens with one attached hydrogen (secondary N) is 1. The lowest BCUT2D eigenvalue weighted by Crippen LogP contribution is -2.49. The van der Waals surface area contributed by atoms with E-state index in [0.717, 1.165) is 5.69 Å². The summed E-state index contributed by atoms with van der Waals surface area (Å²) >= 11 is 0.